The Morgan fingerprint density at radius 3 is 2.73 bits per heavy atom. The Labute approximate surface area is 241 Å². The van der Waals surface area contributed by atoms with E-state index in [0.29, 0.717) is 12.6 Å². The van der Waals surface area contributed by atoms with Crippen molar-refractivity contribution >= 4 is 5.95 Å². The molecule has 0 unspecified atom stereocenters. The van der Waals surface area contributed by atoms with Gasteiger partial charge in [-0.2, -0.15) is 0 Å². The van der Waals surface area contributed by atoms with Crippen LogP contribution in [0.4, 0.5) is 10.3 Å². The summed E-state index contributed by atoms with van der Waals surface area (Å²) in [6.07, 6.45) is 5.57. The van der Waals surface area contributed by atoms with Crippen molar-refractivity contribution in [3.8, 4) is 28.4 Å². The van der Waals surface area contributed by atoms with Crippen molar-refractivity contribution in [1.29, 1.82) is 0 Å². The smallest absolute Gasteiger partial charge is 0.223 e. The monoisotopic (exact) mass is 558 g/mol. The van der Waals surface area contributed by atoms with Gasteiger partial charge in [-0.15, -0.1) is 0 Å². The highest BCUT2D eigenvalue weighted by Crippen LogP contribution is 2.39. The van der Waals surface area contributed by atoms with E-state index in [9.17, 15) is 4.39 Å². The van der Waals surface area contributed by atoms with Crippen LogP contribution in [0.3, 0.4) is 0 Å². The number of halogens is 1. The van der Waals surface area contributed by atoms with Gasteiger partial charge in [-0.25, -0.2) is 19.3 Å². The summed E-state index contributed by atoms with van der Waals surface area (Å²) < 4.78 is 27.1. The van der Waals surface area contributed by atoms with Gasteiger partial charge in [0.25, 0.3) is 0 Å². The molecule has 1 aliphatic rings. The standard InChI is InChI=1S/C32H39FN6O2/c1-4-16-34-32-35-17-15-28(36-32)31-30(24-9-11-25(33)12-10-24)37-29-14-13-26(39(29)31)22-38(18-6-19-40-2)21-23-7-5-8-27(20-23)41-3/h5,7-12,15,17,20,26H,4,6,13-14,16,18-19,21-22H2,1-3H3,(H,34,35,36)/t26-/m0/s1. The summed E-state index contributed by atoms with van der Waals surface area (Å²) in [6, 6.07) is 17.0. The molecule has 4 aromatic rings. The molecular formula is C32H39FN6O2. The molecule has 1 aliphatic heterocycles. The molecule has 0 bridgehead atoms. The van der Waals surface area contributed by atoms with Crippen LogP contribution >= 0.6 is 0 Å². The lowest BCUT2D eigenvalue weighted by Gasteiger charge is -2.27. The quantitative estimate of drug-likeness (QED) is 0.190. The third kappa shape index (κ3) is 6.92. The zero-order chi connectivity index (χ0) is 28.6. The Hall–Kier alpha value is -3.82. The fourth-order valence-corrected chi connectivity index (χ4v) is 5.51. The summed E-state index contributed by atoms with van der Waals surface area (Å²) >= 11 is 0. The summed E-state index contributed by atoms with van der Waals surface area (Å²) in [6.45, 7) is 6.19. The summed E-state index contributed by atoms with van der Waals surface area (Å²) in [5, 5.41) is 3.31. The van der Waals surface area contributed by atoms with Crippen LogP contribution in [0.2, 0.25) is 0 Å². The number of anilines is 1. The third-order valence-corrected chi connectivity index (χ3v) is 7.43. The molecule has 2 aromatic carbocycles. The summed E-state index contributed by atoms with van der Waals surface area (Å²) in [5.74, 6) is 2.22. The minimum absolute atomic E-state index is 0.205. The maximum atomic E-state index is 13.8. The van der Waals surface area contributed by atoms with Gasteiger partial charge in [0, 0.05) is 64.1 Å². The first kappa shape index (κ1) is 28.7. The molecule has 8 nitrogen and oxygen atoms in total. The molecule has 0 spiro atoms. The van der Waals surface area contributed by atoms with Crippen LogP contribution in [0.15, 0.2) is 60.8 Å². The van der Waals surface area contributed by atoms with Crippen molar-refractivity contribution in [3.05, 3.63) is 78.0 Å². The molecule has 0 aliphatic carbocycles. The Bertz CT molecular complexity index is 1420. The van der Waals surface area contributed by atoms with E-state index in [1.54, 1.807) is 32.5 Å². The number of aromatic nitrogens is 4. The first-order chi connectivity index (χ1) is 20.1. The summed E-state index contributed by atoms with van der Waals surface area (Å²) in [5.41, 5.74) is 4.66. The third-order valence-electron chi connectivity index (χ3n) is 7.43. The van der Waals surface area contributed by atoms with E-state index < -0.39 is 0 Å². The van der Waals surface area contributed by atoms with Crippen molar-refractivity contribution in [2.45, 2.75) is 45.2 Å². The van der Waals surface area contributed by atoms with Crippen molar-refractivity contribution in [2.24, 2.45) is 0 Å². The lowest BCUT2D eigenvalue weighted by Crippen LogP contribution is -2.31. The van der Waals surface area contributed by atoms with Crippen LogP contribution in [0, 0.1) is 5.82 Å². The maximum absolute atomic E-state index is 13.8. The molecule has 1 N–H and O–H groups in total. The molecular weight excluding hydrogens is 519 g/mol. The molecule has 0 fully saturated rings. The van der Waals surface area contributed by atoms with E-state index in [-0.39, 0.29) is 11.9 Å². The first-order valence-corrected chi connectivity index (χ1v) is 14.4. The van der Waals surface area contributed by atoms with E-state index in [4.69, 9.17) is 19.4 Å². The van der Waals surface area contributed by atoms with Crippen LogP contribution in [0.5, 0.6) is 5.75 Å². The number of methoxy groups -OCH3 is 2. The van der Waals surface area contributed by atoms with Gasteiger partial charge in [0.15, 0.2) is 0 Å². The zero-order valence-electron chi connectivity index (χ0n) is 24.1. The predicted octanol–water partition coefficient (Wildman–Crippen LogP) is 6.00. The highest BCUT2D eigenvalue weighted by Gasteiger charge is 2.32. The van der Waals surface area contributed by atoms with E-state index in [2.05, 4.69) is 38.8 Å². The molecule has 41 heavy (non-hydrogen) atoms. The van der Waals surface area contributed by atoms with Gasteiger partial charge in [-0.3, -0.25) is 4.90 Å². The van der Waals surface area contributed by atoms with E-state index >= 15 is 0 Å². The number of nitrogens with one attached hydrogen (secondary N) is 1. The number of hydrogen-bond donors (Lipinski definition) is 1. The molecule has 1 atom stereocenters. The van der Waals surface area contributed by atoms with Crippen molar-refractivity contribution in [1.82, 2.24) is 24.4 Å². The van der Waals surface area contributed by atoms with Gasteiger partial charge in [0.05, 0.1) is 24.2 Å². The molecule has 216 valence electrons. The van der Waals surface area contributed by atoms with E-state index in [0.717, 1.165) is 86.1 Å². The number of hydrogen-bond acceptors (Lipinski definition) is 7. The van der Waals surface area contributed by atoms with Crippen LogP contribution in [-0.2, 0) is 17.7 Å². The van der Waals surface area contributed by atoms with Crippen LogP contribution in [0.25, 0.3) is 22.6 Å². The summed E-state index contributed by atoms with van der Waals surface area (Å²) in [4.78, 5) is 16.9. The molecule has 0 saturated heterocycles. The van der Waals surface area contributed by atoms with Gasteiger partial charge in [0.1, 0.15) is 17.4 Å². The highest BCUT2D eigenvalue weighted by atomic mass is 19.1. The second kappa shape index (κ2) is 13.7. The summed E-state index contributed by atoms with van der Waals surface area (Å²) in [7, 11) is 3.45. The molecule has 0 radical (unpaired) electrons. The average Bonchev–Trinajstić information content (AvgIpc) is 3.56. The van der Waals surface area contributed by atoms with Crippen molar-refractivity contribution in [3.63, 3.8) is 0 Å². The Kier molecular flexibility index (Phi) is 9.59. The first-order valence-electron chi connectivity index (χ1n) is 14.4. The van der Waals surface area contributed by atoms with E-state index in [1.807, 2.05) is 18.2 Å². The van der Waals surface area contributed by atoms with Gasteiger partial charge in [0.2, 0.25) is 5.95 Å². The Morgan fingerprint density at radius 2 is 1.95 bits per heavy atom. The lowest BCUT2D eigenvalue weighted by atomic mass is 10.1. The van der Waals surface area contributed by atoms with Gasteiger partial charge in [-0.1, -0.05) is 19.1 Å². The number of benzene rings is 2. The lowest BCUT2D eigenvalue weighted by molar-refractivity contribution is 0.161. The van der Waals surface area contributed by atoms with Crippen LogP contribution in [-0.4, -0.2) is 64.9 Å². The van der Waals surface area contributed by atoms with Gasteiger partial charge < -0.3 is 19.4 Å². The minimum Gasteiger partial charge on any atom is -0.497 e. The highest BCUT2D eigenvalue weighted by molar-refractivity contribution is 5.78. The molecule has 9 heteroatoms. The maximum Gasteiger partial charge on any atom is 0.223 e. The van der Waals surface area contributed by atoms with E-state index in [1.165, 1.54) is 17.7 Å². The van der Waals surface area contributed by atoms with Gasteiger partial charge >= 0.3 is 0 Å². The van der Waals surface area contributed by atoms with Crippen molar-refractivity contribution < 1.29 is 13.9 Å². The molecule has 3 heterocycles. The fraction of sp³-hybridized carbons (Fsp3) is 0.406. The molecule has 0 saturated carbocycles. The largest absolute Gasteiger partial charge is 0.497 e. The number of fused-ring (bicyclic) bond motifs is 1. The SMILES string of the molecule is CCCNc1nccc(-c2c(-c3ccc(F)cc3)nc3n2[C@H](CN(CCCOC)Cc2cccc(OC)c2)CC3)n1. The minimum atomic E-state index is -0.266. The Balaban J connectivity index is 1.51. The van der Waals surface area contributed by atoms with Crippen molar-refractivity contribution in [2.75, 3.05) is 45.8 Å². The molecule has 2 aromatic heterocycles. The second-order valence-electron chi connectivity index (χ2n) is 10.4. The fourth-order valence-electron chi connectivity index (χ4n) is 5.51. The molecule has 5 rings (SSSR count). The van der Waals surface area contributed by atoms with Gasteiger partial charge in [-0.05, 0) is 67.3 Å². The molecule has 0 amide bonds. The topological polar surface area (TPSA) is 77.3 Å². The number of aryl methyl sites for hydroxylation is 1. The van der Waals surface area contributed by atoms with Crippen LogP contribution < -0.4 is 10.1 Å². The number of imidazole rings is 1. The number of ether oxygens (including phenoxy) is 2. The zero-order valence-corrected chi connectivity index (χ0v) is 24.1. The van der Waals surface area contributed by atoms with Crippen LogP contribution in [0.1, 0.15) is 43.6 Å². The predicted molar refractivity (Wildman–Crippen MR) is 160 cm³/mol. The second-order valence-corrected chi connectivity index (χ2v) is 10.4. The normalized spacial score (nSPS) is 14.4. The Morgan fingerprint density at radius 1 is 1.10 bits per heavy atom. The average molecular weight is 559 g/mol. The number of rotatable bonds is 14. The number of nitrogens with zero attached hydrogens (tertiary/aromatic N) is 5.